The van der Waals surface area contributed by atoms with Crippen LogP contribution in [0.15, 0.2) is 46.9 Å². The number of ether oxygens (including phenoxy) is 3. The summed E-state index contributed by atoms with van der Waals surface area (Å²) in [7, 11) is 1.59. The number of aromatic nitrogens is 2. The maximum Gasteiger partial charge on any atom is 0.416 e. The van der Waals surface area contributed by atoms with Gasteiger partial charge in [0, 0.05) is 37.8 Å². The van der Waals surface area contributed by atoms with E-state index in [-0.39, 0.29) is 0 Å². The second kappa shape index (κ2) is 12.5. The quantitative estimate of drug-likeness (QED) is 0.338. The second-order valence-corrected chi connectivity index (χ2v) is 9.52. The average molecular weight is 496 g/mol. The fraction of sp³-hybridized carbons (Fsp3) is 0.464. The van der Waals surface area contributed by atoms with Gasteiger partial charge in [0.05, 0.1) is 18.8 Å². The largest absolute Gasteiger partial charge is 0.489 e. The van der Waals surface area contributed by atoms with Crippen molar-refractivity contribution < 1.29 is 23.4 Å². The second-order valence-electron chi connectivity index (χ2n) is 9.52. The third-order valence-corrected chi connectivity index (χ3v) is 5.35. The first-order valence-electron chi connectivity index (χ1n) is 12.3. The van der Waals surface area contributed by atoms with E-state index in [1.165, 1.54) is 4.90 Å². The van der Waals surface area contributed by atoms with Gasteiger partial charge in [-0.25, -0.2) is 14.8 Å². The van der Waals surface area contributed by atoms with Crippen molar-refractivity contribution in [3.05, 3.63) is 71.1 Å². The molecule has 0 spiro atoms. The molecule has 8 heteroatoms. The predicted octanol–water partition coefficient (Wildman–Crippen LogP) is 5.69. The number of oxazole rings is 1. The molecule has 2 aromatic heterocycles. The molecule has 0 aliphatic heterocycles. The maximum absolute atomic E-state index is 13.1. The SMILES string of the molecule is CCc1oc(CCc2cc(OCc3ccccc3)cc(N(CCOC)C(=O)OC(C)(C)C)n2)nc1C. The summed E-state index contributed by atoms with van der Waals surface area (Å²) in [5.41, 5.74) is 2.07. The van der Waals surface area contributed by atoms with Crippen LogP contribution in [-0.2, 0) is 35.3 Å². The molecule has 0 N–H and O–H groups in total. The summed E-state index contributed by atoms with van der Waals surface area (Å²) in [5.74, 6) is 2.63. The standard InChI is InChI=1S/C28H37N3O5/c1-7-24-20(2)29-26(35-24)14-13-22-17-23(34-19-21-11-9-8-10-12-21)18-25(30-22)31(15-16-33-6)27(32)36-28(3,4)5/h8-12,17-18H,7,13-16,19H2,1-6H3. The van der Waals surface area contributed by atoms with E-state index < -0.39 is 11.7 Å². The number of nitrogens with zero attached hydrogens (tertiary/aromatic N) is 3. The van der Waals surface area contributed by atoms with Crippen molar-refractivity contribution in [2.45, 2.75) is 66.1 Å². The third kappa shape index (κ3) is 8.09. The van der Waals surface area contributed by atoms with Crippen LogP contribution in [0.3, 0.4) is 0 Å². The summed E-state index contributed by atoms with van der Waals surface area (Å²) in [6.45, 7) is 10.5. The molecular formula is C28H37N3O5. The first-order valence-corrected chi connectivity index (χ1v) is 12.3. The fourth-order valence-electron chi connectivity index (χ4n) is 3.59. The highest BCUT2D eigenvalue weighted by Crippen LogP contribution is 2.25. The molecule has 8 nitrogen and oxygen atoms in total. The van der Waals surface area contributed by atoms with Crippen molar-refractivity contribution in [1.29, 1.82) is 0 Å². The van der Waals surface area contributed by atoms with Crippen LogP contribution in [0.5, 0.6) is 5.75 Å². The minimum Gasteiger partial charge on any atom is -0.489 e. The third-order valence-electron chi connectivity index (χ3n) is 5.35. The Labute approximate surface area is 213 Å². The average Bonchev–Trinajstić information content (AvgIpc) is 3.20. The van der Waals surface area contributed by atoms with Crippen LogP contribution < -0.4 is 9.64 Å². The molecule has 0 radical (unpaired) electrons. The van der Waals surface area contributed by atoms with Crippen LogP contribution in [0, 0.1) is 6.92 Å². The Bertz CT molecular complexity index is 1120. The van der Waals surface area contributed by atoms with E-state index in [9.17, 15) is 4.79 Å². The number of methoxy groups -OCH3 is 1. The van der Waals surface area contributed by atoms with Gasteiger partial charge in [-0.1, -0.05) is 37.3 Å². The number of carbonyl (C=O) groups is 1. The van der Waals surface area contributed by atoms with E-state index in [0.29, 0.717) is 50.1 Å². The van der Waals surface area contributed by atoms with E-state index in [4.69, 9.17) is 23.6 Å². The van der Waals surface area contributed by atoms with E-state index in [2.05, 4.69) is 4.98 Å². The van der Waals surface area contributed by atoms with E-state index in [1.54, 1.807) is 13.2 Å². The number of hydrogen-bond donors (Lipinski definition) is 0. The van der Waals surface area contributed by atoms with Gasteiger partial charge in [-0.3, -0.25) is 4.90 Å². The van der Waals surface area contributed by atoms with Gasteiger partial charge < -0.3 is 18.6 Å². The molecule has 0 saturated heterocycles. The van der Waals surface area contributed by atoms with E-state index in [1.807, 2.05) is 71.0 Å². The predicted molar refractivity (Wildman–Crippen MR) is 138 cm³/mol. The molecule has 0 aliphatic rings. The molecule has 3 rings (SSSR count). The van der Waals surface area contributed by atoms with Crippen LogP contribution in [0.1, 0.15) is 56.3 Å². The van der Waals surface area contributed by atoms with Gasteiger partial charge in [0.2, 0.25) is 0 Å². The summed E-state index contributed by atoms with van der Waals surface area (Å²) in [6, 6.07) is 13.6. The molecule has 0 fully saturated rings. The summed E-state index contributed by atoms with van der Waals surface area (Å²) in [5, 5.41) is 0. The van der Waals surface area contributed by atoms with Gasteiger partial charge in [0.1, 0.15) is 29.5 Å². The lowest BCUT2D eigenvalue weighted by molar-refractivity contribution is 0.0568. The van der Waals surface area contributed by atoms with Crippen molar-refractivity contribution in [3.8, 4) is 5.75 Å². The van der Waals surface area contributed by atoms with Crippen LogP contribution in [0.25, 0.3) is 0 Å². The minimum absolute atomic E-state index is 0.290. The highest BCUT2D eigenvalue weighted by atomic mass is 16.6. The van der Waals surface area contributed by atoms with E-state index >= 15 is 0 Å². The molecule has 0 aliphatic carbocycles. The van der Waals surface area contributed by atoms with Gasteiger partial charge in [-0.05, 0) is 39.7 Å². The first kappa shape index (κ1) is 27.2. The van der Waals surface area contributed by atoms with Crippen molar-refractivity contribution >= 4 is 11.9 Å². The molecule has 1 amide bonds. The van der Waals surface area contributed by atoms with Gasteiger partial charge in [0.15, 0.2) is 5.89 Å². The molecule has 0 atom stereocenters. The topological polar surface area (TPSA) is 86.9 Å². The molecule has 3 aromatic rings. The number of amides is 1. The minimum atomic E-state index is -0.646. The Morgan fingerprint density at radius 1 is 1.08 bits per heavy atom. The van der Waals surface area contributed by atoms with Gasteiger partial charge in [0.25, 0.3) is 0 Å². The van der Waals surface area contributed by atoms with Gasteiger partial charge >= 0.3 is 6.09 Å². The zero-order valence-corrected chi connectivity index (χ0v) is 22.2. The molecule has 0 unspecified atom stereocenters. The Balaban J connectivity index is 1.89. The lowest BCUT2D eigenvalue weighted by atomic mass is 10.2. The number of anilines is 1. The van der Waals surface area contributed by atoms with Crippen molar-refractivity contribution in [3.63, 3.8) is 0 Å². The van der Waals surface area contributed by atoms with Crippen LogP contribution >= 0.6 is 0 Å². The molecule has 1 aromatic carbocycles. The Hall–Kier alpha value is -3.39. The summed E-state index contributed by atoms with van der Waals surface area (Å²) in [6.07, 6.45) is 1.47. The monoisotopic (exact) mass is 495 g/mol. The molecule has 0 saturated carbocycles. The molecule has 2 heterocycles. The number of benzene rings is 1. The van der Waals surface area contributed by atoms with Crippen molar-refractivity contribution in [2.75, 3.05) is 25.2 Å². The molecule has 0 bridgehead atoms. The Morgan fingerprint density at radius 3 is 2.47 bits per heavy atom. The van der Waals surface area contributed by atoms with Crippen LogP contribution in [0.2, 0.25) is 0 Å². The number of rotatable bonds is 11. The zero-order chi connectivity index (χ0) is 26.1. The summed E-state index contributed by atoms with van der Waals surface area (Å²) >= 11 is 0. The molecular weight excluding hydrogens is 458 g/mol. The maximum atomic E-state index is 13.1. The number of hydrogen-bond acceptors (Lipinski definition) is 7. The van der Waals surface area contributed by atoms with Gasteiger partial charge in [-0.2, -0.15) is 0 Å². The summed E-state index contributed by atoms with van der Waals surface area (Å²) < 4.78 is 22.9. The highest BCUT2D eigenvalue weighted by molar-refractivity contribution is 5.87. The Morgan fingerprint density at radius 2 is 1.83 bits per heavy atom. The van der Waals surface area contributed by atoms with E-state index in [0.717, 1.165) is 29.1 Å². The lowest BCUT2D eigenvalue weighted by Crippen LogP contribution is -2.39. The highest BCUT2D eigenvalue weighted by Gasteiger charge is 2.25. The normalized spacial score (nSPS) is 11.4. The Kier molecular flexibility index (Phi) is 9.47. The first-order chi connectivity index (χ1) is 17.2. The fourth-order valence-corrected chi connectivity index (χ4v) is 3.59. The zero-order valence-electron chi connectivity index (χ0n) is 22.2. The van der Waals surface area contributed by atoms with Crippen molar-refractivity contribution in [1.82, 2.24) is 9.97 Å². The summed E-state index contributed by atoms with van der Waals surface area (Å²) in [4.78, 5) is 23.9. The number of carbonyl (C=O) groups excluding carboxylic acids is 1. The van der Waals surface area contributed by atoms with Crippen LogP contribution in [0.4, 0.5) is 10.6 Å². The number of aryl methyl sites for hydroxylation is 4. The lowest BCUT2D eigenvalue weighted by Gasteiger charge is -2.27. The molecule has 36 heavy (non-hydrogen) atoms. The van der Waals surface area contributed by atoms with Gasteiger partial charge in [-0.15, -0.1) is 0 Å². The van der Waals surface area contributed by atoms with Crippen molar-refractivity contribution in [2.24, 2.45) is 0 Å². The smallest absolute Gasteiger partial charge is 0.416 e. The molecule has 194 valence electrons. The number of pyridine rings is 1. The van der Waals surface area contributed by atoms with Crippen LogP contribution in [-0.4, -0.2) is 41.9 Å².